The zero-order valence-corrected chi connectivity index (χ0v) is 16.6. The Bertz CT molecular complexity index is 806. The van der Waals surface area contributed by atoms with Gasteiger partial charge < -0.3 is 9.80 Å². The molecule has 1 amide bonds. The van der Waals surface area contributed by atoms with Crippen molar-refractivity contribution in [3.63, 3.8) is 0 Å². The van der Waals surface area contributed by atoms with Crippen LogP contribution in [0.25, 0.3) is 6.08 Å². The Morgan fingerprint density at radius 1 is 1.15 bits per heavy atom. The molecule has 0 saturated carbocycles. The quantitative estimate of drug-likeness (QED) is 0.773. The predicted molar refractivity (Wildman–Crippen MR) is 106 cm³/mol. The molecule has 0 aliphatic carbocycles. The van der Waals surface area contributed by atoms with Crippen molar-refractivity contribution in [1.82, 2.24) is 19.9 Å². The topological polar surface area (TPSA) is 62.2 Å². The summed E-state index contributed by atoms with van der Waals surface area (Å²) in [6, 6.07) is 2.02. The number of carbonyl (C=O) groups is 1. The largest absolute Gasteiger partial charge is 0.353 e. The number of amides is 1. The van der Waals surface area contributed by atoms with Crippen LogP contribution in [0.15, 0.2) is 17.5 Å². The Balaban J connectivity index is 1.60. The van der Waals surface area contributed by atoms with E-state index in [4.69, 9.17) is 4.98 Å². The molecular formula is C19H25N5OS. The van der Waals surface area contributed by atoms with E-state index in [2.05, 4.69) is 28.7 Å². The third kappa shape index (κ3) is 4.46. The Morgan fingerprint density at radius 2 is 1.88 bits per heavy atom. The minimum Gasteiger partial charge on any atom is -0.353 e. The van der Waals surface area contributed by atoms with E-state index in [1.54, 1.807) is 23.5 Å². The number of hydrogen-bond acceptors (Lipinski definition) is 6. The summed E-state index contributed by atoms with van der Waals surface area (Å²) in [5, 5.41) is 2.97. The van der Waals surface area contributed by atoms with E-state index >= 15 is 0 Å². The number of aromatic nitrogens is 3. The maximum absolute atomic E-state index is 12.4. The first kappa shape index (κ1) is 18.5. The van der Waals surface area contributed by atoms with Crippen molar-refractivity contribution in [1.29, 1.82) is 0 Å². The summed E-state index contributed by atoms with van der Waals surface area (Å²) >= 11 is 1.59. The van der Waals surface area contributed by atoms with Gasteiger partial charge >= 0.3 is 0 Å². The monoisotopic (exact) mass is 371 g/mol. The summed E-state index contributed by atoms with van der Waals surface area (Å²) in [6.45, 7) is 11.1. The fourth-order valence-corrected chi connectivity index (χ4v) is 3.45. The zero-order chi connectivity index (χ0) is 18.7. The van der Waals surface area contributed by atoms with Gasteiger partial charge in [0.1, 0.15) is 11.6 Å². The van der Waals surface area contributed by atoms with E-state index in [1.807, 2.05) is 30.2 Å². The number of piperazine rings is 1. The number of carbonyl (C=O) groups excluding carboxylic acids is 1. The van der Waals surface area contributed by atoms with E-state index in [9.17, 15) is 4.79 Å². The fraction of sp³-hybridized carbons (Fsp3) is 0.474. The lowest BCUT2D eigenvalue weighted by Crippen LogP contribution is -2.48. The predicted octanol–water partition coefficient (Wildman–Crippen LogP) is 3.04. The SMILES string of the molecule is Cc1cc(N2CCN(C(=O)/C=C/c3csc(C)n3)CC2)nc(C(C)C)n1. The highest BCUT2D eigenvalue weighted by Gasteiger charge is 2.21. The van der Waals surface area contributed by atoms with Crippen molar-refractivity contribution >= 4 is 29.1 Å². The second kappa shape index (κ2) is 7.95. The maximum Gasteiger partial charge on any atom is 0.246 e. The molecule has 1 aliphatic heterocycles. The molecule has 3 rings (SSSR count). The van der Waals surface area contributed by atoms with Gasteiger partial charge in [-0.1, -0.05) is 13.8 Å². The molecule has 1 fully saturated rings. The lowest BCUT2D eigenvalue weighted by molar-refractivity contribution is -0.126. The fourth-order valence-electron chi connectivity index (χ4n) is 2.87. The van der Waals surface area contributed by atoms with Crippen molar-refractivity contribution in [3.8, 4) is 0 Å². The third-order valence-electron chi connectivity index (χ3n) is 4.32. The molecule has 7 heteroatoms. The van der Waals surface area contributed by atoms with Crippen molar-refractivity contribution in [2.75, 3.05) is 31.1 Å². The molecule has 1 aliphatic rings. The summed E-state index contributed by atoms with van der Waals surface area (Å²) < 4.78 is 0. The van der Waals surface area contributed by atoms with Crippen LogP contribution < -0.4 is 4.90 Å². The van der Waals surface area contributed by atoms with Crippen molar-refractivity contribution in [2.45, 2.75) is 33.6 Å². The molecule has 26 heavy (non-hydrogen) atoms. The van der Waals surface area contributed by atoms with Gasteiger partial charge in [-0.3, -0.25) is 4.79 Å². The van der Waals surface area contributed by atoms with Crippen molar-refractivity contribution < 1.29 is 4.79 Å². The van der Waals surface area contributed by atoms with Crippen LogP contribution >= 0.6 is 11.3 Å². The van der Waals surface area contributed by atoms with Crippen LogP contribution in [0, 0.1) is 13.8 Å². The van der Waals surface area contributed by atoms with Crippen LogP contribution in [0.1, 0.15) is 42.0 Å². The van der Waals surface area contributed by atoms with Gasteiger partial charge in [0.15, 0.2) is 0 Å². The first-order valence-electron chi connectivity index (χ1n) is 8.92. The smallest absolute Gasteiger partial charge is 0.246 e. The molecule has 1 saturated heterocycles. The van der Waals surface area contributed by atoms with E-state index < -0.39 is 0 Å². The number of anilines is 1. The lowest BCUT2D eigenvalue weighted by Gasteiger charge is -2.35. The Morgan fingerprint density at radius 3 is 2.50 bits per heavy atom. The minimum atomic E-state index is 0.0389. The molecule has 0 radical (unpaired) electrons. The van der Waals surface area contributed by atoms with Crippen LogP contribution in [-0.4, -0.2) is 51.9 Å². The van der Waals surface area contributed by atoms with E-state index in [0.29, 0.717) is 19.0 Å². The molecule has 0 N–H and O–H groups in total. The average molecular weight is 372 g/mol. The number of hydrogen-bond donors (Lipinski definition) is 0. The molecule has 0 atom stereocenters. The Hall–Kier alpha value is -2.28. The summed E-state index contributed by atoms with van der Waals surface area (Å²) in [5.41, 5.74) is 1.83. The average Bonchev–Trinajstić information content (AvgIpc) is 3.04. The Labute approximate surface area is 158 Å². The van der Waals surface area contributed by atoms with Gasteiger partial charge in [0.05, 0.1) is 10.7 Å². The summed E-state index contributed by atoms with van der Waals surface area (Å²) in [4.78, 5) is 30.1. The van der Waals surface area contributed by atoms with Crippen LogP contribution in [0.5, 0.6) is 0 Å². The van der Waals surface area contributed by atoms with Gasteiger partial charge in [0.2, 0.25) is 5.91 Å². The first-order chi connectivity index (χ1) is 12.4. The van der Waals surface area contributed by atoms with Crippen LogP contribution in [0.2, 0.25) is 0 Å². The molecule has 0 spiro atoms. The van der Waals surface area contributed by atoms with E-state index in [0.717, 1.165) is 41.1 Å². The van der Waals surface area contributed by atoms with Gasteiger partial charge in [-0.2, -0.15) is 0 Å². The second-order valence-electron chi connectivity index (χ2n) is 6.82. The summed E-state index contributed by atoms with van der Waals surface area (Å²) in [6.07, 6.45) is 3.41. The molecule has 2 aromatic heterocycles. The molecule has 0 unspecified atom stereocenters. The highest BCUT2D eigenvalue weighted by atomic mass is 32.1. The van der Waals surface area contributed by atoms with Gasteiger partial charge in [-0.25, -0.2) is 15.0 Å². The van der Waals surface area contributed by atoms with Crippen molar-refractivity contribution in [2.24, 2.45) is 0 Å². The minimum absolute atomic E-state index is 0.0389. The van der Waals surface area contributed by atoms with Gasteiger partial charge in [-0.05, 0) is 19.9 Å². The Kier molecular flexibility index (Phi) is 5.66. The lowest BCUT2D eigenvalue weighted by atomic mass is 10.2. The number of thiazole rings is 1. The molecule has 0 bridgehead atoms. The van der Waals surface area contributed by atoms with E-state index in [1.165, 1.54) is 0 Å². The van der Waals surface area contributed by atoms with Crippen LogP contribution in [-0.2, 0) is 4.79 Å². The molecule has 3 heterocycles. The third-order valence-corrected chi connectivity index (χ3v) is 5.11. The standard InChI is InChI=1S/C19H25N5OS/c1-13(2)19-20-14(3)11-17(22-19)23-7-9-24(10-8-23)18(25)6-5-16-12-26-15(4)21-16/h5-6,11-13H,7-10H2,1-4H3/b6-5+. The normalized spacial score (nSPS) is 15.3. The molecule has 0 aromatic carbocycles. The first-order valence-corrected chi connectivity index (χ1v) is 9.80. The van der Waals surface area contributed by atoms with Gasteiger partial charge in [-0.15, -0.1) is 11.3 Å². The second-order valence-corrected chi connectivity index (χ2v) is 7.88. The van der Waals surface area contributed by atoms with Crippen LogP contribution in [0.4, 0.5) is 5.82 Å². The maximum atomic E-state index is 12.4. The highest BCUT2D eigenvalue weighted by molar-refractivity contribution is 7.09. The number of nitrogens with zero attached hydrogens (tertiary/aromatic N) is 5. The zero-order valence-electron chi connectivity index (χ0n) is 15.8. The number of rotatable bonds is 4. The van der Waals surface area contributed by atoms with Crippen LogP contribution in [0.3, 0.4) is 0 Å². The highest BCUT2D eigenvalue weighted by Crippen LogP contribution is 2.19. The molecule has 138 valence electrons. The summed E-state index contributed by atoms with van der Waals surface area (Å²) in [5.74, 6) is 2.18. The van der Waals surface area contributed by atoms with Crippen molar-refractivity contribution in [3.05, 3.63) is 39.7 Å². The summed E-state index contributed by atoms with van der Waals surface area (Å²) in [7, 11) is 0. The van der Waals surface area contributed by atoms with Gasteiger partial charge in [0.25, 0.3) is 0 Å². The van der Waals surface area contributed by atoms with Gasteiger partial charge in [0, 0.05) is 55.3 Å². The molecular weight excluding hydrogens is 346 g/mol. The molecule has 2 aromatic rings. The van der Waals surface area contributed by atoms with E-state index in [-0.39, 0.29) is 5.91 Å². The molecule has 6 nitrogen and oxygen atoms in total. The number of aryl methyl sites for hydroxylation is 2.